The molecule has 2 aromatic carbocycles. The maximum Gasteiger partial charge on any atom is 0.152 e. The molecular formula is C20H24N4O3. The first-order chi connectivity index (χ1) is 12.9. The Hall–Kier alpha value is -2.90. The van der Waals surface area contributed by atoms with Gasteiger partial charge < -0.3 is 4.42 Å². The summed E-state index contributed by atoms with van der Waals surface area (Å²) in [5.74, 6) is 0.799. The van der Waals surface area contributed by atoms with Crippen molar-refractivity contribution in [1.29, 1.82) is 0 Å². The van der Waals surface area contributed by atoms with E-state index in [1.165, 1.54) is 0 Å². The Kier molecular flexibility index (Phi) is 5.43. The molecule has 0 amide bonds. The Balaban J connectivity index is 2.17. The molecule has 0 aliphatic rings. The molecular weight excluding hydrogens is 344 g/mol. The fourth-order valence-electron chi connectivity index (χ4n) is 2.92. The van der Waals surface area contributed by atoms with Crippen LogP contribution in [0.1, 0.15) is 38.8 Å². The molecule has 3 rings (SSSR count). The van der Waals surface area contributed by atoms with Crippen LogP contribution in [-0.2, 0) is 0 Å². The van der Waals surface area contributed by atoms with E-state index in [1.807, 2.05) is 64.1 Å². The molecule has 27 heavy (non-hydrogen) atoms. The predicted octanol–water partition coefficient (Wildman–Crippen LogP) is 3.85. The third kappa shape index (κ3) is 3.94. The molecule has 0 unspecified atom stereocenters. The van der Waals surface area contributed by atoms with Gasteiger partial charge >= 0.3 is 0 Å². The molecule has 1 aromatic heterocycles. The minimum atomic E-state index is 0.0356. The monoisotopic (exact) mass is 368 g/mol. The highest BCUT2D eigenvalue weighted by Crippen LogP contribution is 2.30. The first kappa shape index (κ1) is 18.9. The average Bonchev–Trinajstić information content (AvgIpc) is 3.00. The molecule has 0 aliphatic carbocycles. The van der Waals surface area contributed by atoms with Gasteiger partial charge in [0, 0.05) is 34.0 Å². The zero-order valence-electron chi connectivity index (χ0n) is 15.8. The van der Waals surface area contributed by atoms with Gasteiger partial charge in [0.25, 0.3) is 0 Å². The van der Waals surface area contributed by atoms with Gasteiger partial charge in [-0.3, -0.25) is 31.4 Å². The lowest BCUT2D eigenvalue weighted by Gasteiger charge is -2.08. The molecule has 0 bridgehead atoms. The van der Waals surface area contributed by atoms with Crippen molar-refractivity contribution in [1.82, 2.24) is 11.0 Å². The van der Waals surface area contributed by atoms with Gasteiger partial charge in [0.2, 0.25) is 0 Å². The largest absolute Gasteiger partial charge is 0.456 e. The average molecular weight is 368 g/mol. The number of furan rings is 1. The lowest BCUT2D eigenvalue weighted by Crippen LogP contribution is -2.22. The van der Waals surface area contributed by atoms with E-state index >= 15 is 0 Å². The first-order valence-corrected chi connectivity index (χ1v) is 8.85. The molecule has 0 radical (unpaired) electrons. The van der Waals surface area contributed by atoms with Gasteiger partial charge in [-0.1, -0.05) is 0 Å². The van der Waals surface area contributed by atoms with E-state index < -0.39 is 0 Å². The second-order valence-corrected chi connectivity index (χ2v) is 6.89. The molecule has 7 heteroatoms. The van der Waals surface area contributed by atoms with Crippen molar-refractivity contribution in [3.63, 3.8) is 0 Å². The Bertz CT molecular complexity index is 938. The summed E-state index contributed by atoms with van der Waals surface area (Å²) in [6, 6.07) is 11.3. The van der Waals surface area contributed by atoms with Crippen LogP contribution in [0.5, 0.6) is 0 Å². The molecule has 1 heterocycles. The summed E-state index contributed by atoms with van der Waals surface area (Å²) in [5.41, 5.74) is 7.31. The minimum absolute atomic E-state index is 0.0356. The van der Waals surface area contributed by atoms with Crippen LogP contribution < -0.4 is 11.0 Å². The number of hydrogen-bond acceptors (Lipinski definition) is 5. The van der Waals surface area contributed by atoms with Crippen molar-refractivity contribution < 1.29 is 14.8 Å². The lowest BCUT2D eigenvalue weighted by atomic mass is 10.1. The summed E-state index contributed by atoms with van der Waals surface area (Å²) in [5, 5.41) is 20.7. The van der Waals surface area contributed by atoms with Crippen LogP contribution in [0.25, 0.3) is 21.9 Å². The third-order valence-corrected chi connectivity index (χ3v) is 4.00. The summed E-state index contributed by atoms with van der Waals surface area (Å²) < 4.78 is 5.91. The molecule has 0 aliphatic heterocycles. The van der Waals surface area contributed by atoms with Crippen molar-refractivity contribution in [3.05, 3.63) is 47.5 Å². The second-order valence-electron chi connectivity index (χ2n) is 6.89. The predicted molar refractivity (Wildman–Crippen MR) is 107 cm³/mol. The maximum atomic E-state index is 9.44. The van der Waals surface area contributed by atoms with E-state index in [1.54, 1.807) is 0 Å². The van der Waals surface area contributed by atoms with Gasteiger partial charge in [0.15, 0.2) is 11.7 Å². The minimum Gasteiger partial charge on any atom is -0.456 e. The Morgan fingerprint density at radius 1 is 0.778 bits per heavy atom. The summed E-state index contributed by atoms with van der Waals surface area (Å²) in [7, 11) is 0. The smallest absolute Gasteiger partial charge is 0.152 e. The van der Waals surface area contributed by atoms with Gasteiger partial charge in [0.05, 0.1) is 0 Å². The van der Waals surface area contributed by atoms with Gasteiger partial charge in [-0.25, -0.2) is 0 Å². The lowest BCUT2D eigenvalue weighted by molar-refractivity contribution is 0.234. The van der Waals surface area contributed by atoms with Crippen LogP contribution in [-0.4, -0.2) is 34.2 Å². The summed E-state index contributed by atoms with van der Waals surface area (Å²) in [4.78, 5) is 8.78. The highest BCUT2D eigenvalue weighted by Gasteiger charge is 2.13. The van der Waals surface area contributed by atoms with Crippen molar-refractivity contribution in [2.75, 3.05) is 0 Å². The van der Waals surface area contributed by atoms with E-state index in [0.717, 1.165) is 33.1 Å². The first-order valence-electron chi connectivity index (χ1n) is 8.85. The topological polar surface area (TPSA) is 102 Å². The van der Waals surface area contributed by atoms with Crippen LogP contribution in [0.2, 0.25) is 0 Å². The molecule has 7 nitrogen and oxygen atoms in total. The molecule has 3 aromatic rings. The van der Waals surface area contributed by atoms with Crippen LogP contribution in [0.3, 0.4) is 0 Å². The number of hydrogen-bond donors (Lipinski definition) is 4. The molecule has 142 valence electrons. The number of nitrogens with one attached hydrogen (secondary N) is 2. The SMILES string of the molecule is CC(C)N=C(NO)c1ccc2oc3ccc(C(=NC(C)C)NO)cc3c2c1. The summed E-state index contributed by atoms with van der Waals surface area (Å²) >= 11 is 0. The standard InChI is InChI=1S/C20H24N4O3/c1-11(2)21-19(23-25)13-5-7-17-15(9-13)16-10-14(6-8-18(16)27-17)20(24-26)22-12(3)4/h5-12,25-26H,1-4H3,(H,21,23)(H,22,24). The number of aliphatic imine (C=N–C) groups is 2. The molecule has 0 fully saturated rings. The highest BCUT2D eigenvalue weighted by atomic mass is 16.5. The van der Waals surface area contributed by atoms with Gasteiger partial charge in [-0.2, -0.15) is 0 Å². The molecule has 0 saturated heterocycles. The normalized spacial score (nSPS) is 13.2. The number of fused-ring (bicyclic) bond motifs is 3. The summed E-state index contributed by atoms with van der Waals surface area (Å²) in [6.45, 7) is 7.75. The number of hydroxylamine groups is 2. The Morgan fingerprint density at radius 2 is 1.19 bits per heavy atom. The number of amidine groups is 2. The van der Waals surface area contributed by atoms with E-state index in [4.69, 9.17) is 4.42 Å². The van der Waals surface area contributed by atoms with Gasteiger partial charge in [-0.05, 0) is 64.1 Å². The van der Waals surface area contributed by atoms with Crippen LogP contribution in [0, 0.1) is 0 Å². The summed E-state index contributed by atoms with van der Waals surface area (Å²) in [6.07, 6.45) is 0. The van der Waals surface area contributed by atoms with Gasteiger partial charge in [-0.15, -0.1) is 0 Å². The number of nitrogens with zero attached hydrogens (tertiary/aromatic N) is 2. The van der Waals surface area contributed by atoms with E-state index in [-0.39, 0.29) is 12.1 Å². The van der Waals surface area contributed by atoms with Gasteiger partial charge in [0.1, 0.15) is 11.2 Å². The fraction of sp³-hybridized carbons (Fsp3) is 0.300. The third-order valence-electron chi connectivity index (χ3n) is 4.00. The van der Waals surface area contributed by atoms with E-state index in [9.17, 15) is 10.4 Å². The quantitative estimate of drug-likeness (QED) is 0.318. The number of benzene rings is 2. The van der Waals surface area contributed by atoms with E-state index in [0.29, 0.717) is 11.7 Å². The number of rotatable bonds is 4. The molecule has 0 atom stereocenters. The van der Waals surface area contributed by atoms with Crippen LogP contribution >= 0.6 is 0 Å². The van der Waals surface area contributed by atoms with Crippen molar-refractivity contribution in [2.45, 2.75) is 39.8 Å². The van der Waals surface area contributed by atoms with E-state index in [2.05, 4.69) is 20.9 Å². The van der Waals surface area contributed by atoms with Crippen LogP contribution in [0.4, 0.5) is 0 Å². The molecule has 0 saturated carbocycles. The molecule has 0 spiro atoms. The second kappa shape index (κ2) is 7.77. The Morgan fingerprint density at radius 3 is 1.52 bits per heavy atom. The highest BCUT2D eigenvalue weighted by molar-refractivity contribution is 6.11. The molecule has 4 N–H and O–H groups in total. The van der Waals surface area contributed by atoms with Crippen molar-refractivity contribution >= 4 is 33.6 Å². The fourth-order valence-corrected chi connectivity index (χ4v) is 2.92. The van der Waals surface area contributed by atoms with Crippen LogP contribution in [0.15, 0.2) is 50.8 Å². The maximum absolute atomic E-state index is 9.44. The Labute approximate surface area is 157 Å². The van der Waals surface area contributed by atoms with Crippen molar-refractivity contribution in [3.8, 4) is 0 Å². The zero-order chi connectivity index (χ0) is 19.6. The zero-order valence-corrected chi connectivity index (χ0v) is 15.8. The van der Waals surface area contributed by atoms with Crippen molar-refractivity contribution in [2.24, 2.45) is 9.98 Å².